The molecule has 0 bridgehead atoms. The van der Waals surface area contributed by atoms with Gasteiger partial charge in [-0.15, -0.1) is 0 Å². The van der Waals surface area contributed by atoms with Gasteiger partial charge in [0.15, 0.2) is 5.78 Å². The molecule has 0 N–H and O–H groups in total. The highest BCUT2D eigenvalue weighted by Gasteiger charge is 2.17. The lowest BCUT2D eigenvalue weighted by Gasteiger charge is -2.20. The summed E-state index contributed by atoms with van der Waals surface area (Å²) < 4.78 is 5.28. The van der Waals surface area contributed by atoms with Gasteiger partial charge in [-0.05, 0) is 23.1 Å². The standard InChI is InChI=1S/C14H20O2/c1-6-12(15)11-8-7-10(14(2,3)4)9-13(11)16-5/h7-9H,6H2,1-5H3. The molecule has 0 unspecified atom stereocenters. The van der Waals surface area contributed by atoms with E-state index in [0.29, 0.717) is 17.7 Å². The van der Waals surface area contributed by atoms with Crippen LogP contribution >= 0.6 is 0 Å². The van der Waals surface area contributed by atoms with Crippen LogP contribution < -0.4 is 4.74 Å². The molecule has 88 valence electrons. The van der Waals surface area contributed by atoms with Crippen molar-refractivity contribution in [2.75, 3.05) is 7.11 Å². The number of ether oxygens (including phenoxy) is 1. The van der Waals surface area contributed by atoms with Gasteiger partial charge < -0.3 is 4.74 Å². The van der Waals surface area contributed by atoms with Crippen molar-refractivity contribution in [3.63, 3.8) is 0 Å². The smallest absolute Gasteiger partial charge is 0.166 e. The van der Waals surface area contributed by atoms with Crippen molar-refractivity contribution < 1.29 is 9.53 Å². The maximum Gasteiger partial charge on any atom is 0.166 e. The van der Waals surface area contributed by atoms with Crippen LogP contribution in [0.3, 0.4) is 0 Å². The van der Waals surface area contributed by atoms with Crippen molar-refractivity contribution in [2.45, 2.75) is 39.5 Å². The number of hydrogen-bond donors (Lipinski definition) is 0. The molecule has 2 heteroatoms. The SMILES string of the molecule is CCC(=O)c1ccc(C(C)(C)C)cc1OC. The predicted octanol–water partition coefficient (Wildman–Crippen LogP) is 3.59. The van der Waals surface area contributed by atoms with Crippen LogP contribution in [0, 0.1) is 0 Å². The van der Waals surface area contributed by atoms with Crippen LogP contribution in [0.15, 0.2) is 18.2 Å². The van der Waals surface area contributed by atoms with E-state index in [4.69, 9.17) is 4.74 Å². The molecule has 0 heterocycles. The van der Waals surface area contributed by atoms with E-state index in [1.54, 1.807) is 7.11 Å². The average molecular weight is 220 g/mol. The summed E-state index contributed by atoms with van der Waals surface area (Å²) in [6, 6.07) is 5.83. The molecule has 1 aromatic rings. The lowest BCUT2D eigenvalue weighted by molar-refractivity contribution is 0.0985. The van der Waals surface area contributed by atoms with Gasteiger partial charge in [-0.1, -0.05) is 33.8 Å². The van der Waals surface area contributed by atoms with Gasteiger partial charge in [0, 0.05) is 6.42 Å². The molecule has 0 amide bonds. The second kappa shape index (κ2) is 4.69. The lowest BCUT2D eigenvalue weighted by Crippen LogP contribution is -2.12. The van der Waals surface area contributed by atoms with Crippen molar-refractivity contribution in [3.05, 3.63) is 29.3 Å². The number of methoxy groups -OCH3 is 1. The number of benzene rings is 1. The van der Waals surface area contributed by atoms with Gasteiger partial charge in [-0.2, -0.15) is 0 Å². The Morgan fingerprint density at radius 1 is 1.31 bits per heavy atom. The van der Waals surface area contributed by atoms with Gasteiger partial charge in [0.25, 0.3) is 0 Å². The van der Waals surface area contributed by atoms with Crippen molar-refractivity contribution in [2.24, 2.45) is 0 Å². The molecule has 1 rings (SSSR count). The van der Waals surface area contributed by atoms with Crippen molar-refractivity contribution in [3.8, 4) is 5.75 Å². The monoisotopic (exact) mass is 220 g/mol. The Labute approximate surface area is 97.6 Å². The summed E-state index contributed by atoms with van der Waals surface area (Å²) in [6.45, 7) is 8.29. The van der Waals surface area contributed by atoms with Gasteiger partial charge in [0.2, 0.25) is 0 Å². The lowest BCUT2D eigenvalue weighted by atomic mass is 9.86. The maximum atomic E-state index is 11.7. The van der Waals surface area contributed by atoms with E-state index in [2.05, 4.69) is 20.8 Å². The van der Waals surface area contributed by atoms with E-state index in [-0.39, 0.29) is 11.2 Å². The second-order valence-corrected chi connectivity index (χ2v) is 4.94. The van der Waals surface area contributed by atoms with E-state index < -0.39 is 0 Å². The molecule has 16 heavy (non-hydrogen) atoms. The van der Waals surface area contributed by atoms with Crippen LogP contribution in [0.2, 0.25) is 0 Å². The first-order valence-electron chi connectivity index (χ1n) is 5.62. The minimum absolute atomic E-state index is 0.0705. The number of rotatable bonds is 3. The molecule has 0 spiro atoms. The molecule has 0 aliphatic rings. The van der Waals surface area contributed by atoms with Crippen LogP contribution in [0.25, 0.3) is 0 Å². The van der Waals surface area contributed by atoms with Crippen LogP contribution in [0.4, 0.5) is 0 Å². The Morgan fingerprint density at radius 2 is 1.94 bits per heavy atom. The molecule has 0 fully saturated rings. The summed E-state index contributed by atoms with van der Waals surface area (Å²) in [4.78, 5) is 11.7. The average Bonchev–Trinajstić information content (AvgIpc) is 2.26. The first-order valence-corrected chi connectivity index (χ1v) is 5.62. The molecule has 0 radical (unpaired) electrons. The quantitative estimate of drug-likeness (QED) is 0.728. The number of carbonyl (C=O) groups excluding carboxylic acids is 1. The summed E-state index contributed by atoms with van der Waals surface area (Å²) in [5.74, 6) is 0.802. The van der Waals surface area contributed by atoms with Crippen LogP contribution in [0.5, 0.6) is 5.75 Å². The highest BCUT2D eigenvalue weighted by Crippen LogP contribution is 2.29. The van der Waals surface area contributed by atoms with E-state index in [0.717, 1.165) is 0 Å². The fraction of sp³-hybridized carbons (Fsp3) is 0.500. The third-order valence-corrected chi connectivity index (χ3v) is 2.69. The molecule has 2 nitrogen and oxygen atoms in total. The second-order valence-electron chi connectivity index (χ2n) is 4.94. The van der Waals surface area contributed by atoms with Crippen LogP contribution in [-0.4, -0.2) is 12.9 Å². The van der Waals surface area contributed by atoms with Gasteiger partial charge in [-0.25, -0.2) is 0 Å². The van der Waals surface area contributed by atoms with Gasteiger partial charge in [0.1, 0.15) is 5.75 Å². The summed E-state index contributed by atoms with van der Waals surface area (Å²) in [6.07, 6.45) is 0.505. The largest absolute Gasteiger partial charge is 0.496 e. The van der Waals surface area contributed by atoms with Gasteiger partial charge >= 0.3 is 0 Å². The van der Waals surface area contributed by atoms with Crippen molar-refractivity contribution in [1.29, 1.82) is 0 Å². The topological polar surface area (TPSA) is 26.3 Å². The summed E-state index contributed by atoms with van der Waals surface area (Å²) >= 11 is 0. The molecular formula is C14H20O2. The highest BCUT2D eigenvalue weighted by molar-refractivity contribution is 5.98. The molecule has 0 saturated heterocycles. The van der Waals surface area contributed by atoms with E-state index in [1.165, 1.54) is 5.56 Å². The number of hydrogen-bond acceptors (Lipinski definition) is 2. The fourth-order valence-electron chi connectivity index (χ4n) is 1.58. The Morgan fingerprint density at radius 3 is 2.38 bits per heavy atom. The molecule has 0 atom stereocenters. The Kier molecular flexibility index (Phi) is 3.74. The molecule has 0 aliphatic carbocycles. The molecule has 0 aromatic heterocycles. The zero-order valence-corrected chi connectivity index (χ0v) is 10.8. The van der Waals surface area contributed by atoms with Crippen molar-refractivity contribution >= 4 is 5.78 Å². The molecular weight excluding hydrogens is 200 g/mol. The minimum atomic E-state index is 0.0705. The normalized spacial score (nSPS) is 11.3. The van der Waals surface area contributed by atoms with E-state index in [1.807, 2.05) is 25.1 Å². The van der Waals surface area contributed by atoms with Gasteiger partial charge in [0.05, 0.1) is 12.7 Å². The van der Waals surface area contributed by atoms with Crippen LogP contribution in [-0.2, 0) is 5.41 Å². The predicted molar refractivity (Wildman–Crippen MR) is 66.3 cm³/mol. The fourth-order valence-corrected chi connectivity index (χ4v) is 1.58. The first kappa shape index (κ1) is 12.8. The number of Topliss-reactive ketones (excluding diaryl/α,β-unsaturated/α-hetero) is 1. The van der Waals surface area contributed by atoms with Crippen LogP contribution in [0.1, 0.15) is 50.0 Å². The summed E-state index contributed by atoms with van der Waals surface area (Å²) in [5, 5.41) is 0. The first-order chi connectivity index (χ1) is 7.40. The van der Waals surface area contributed by atoms with Gasteiger partial charge in [-0.3, -0.25) is 4.79 Å². The minimum Gasteiger partial charge on any atom is -0.496 e. The number of ketones is 1. The molecule has 1 aromatic carbocycles. The third kappa shape index (κ3) is 2.63. The Balaban J connectivity index is 3.22. The van der Waals surface area contributed by atoms with E-state index >= 15 is 0 Å². The summed E-state index contributed by atoms with van der Waals surface area (Å²) in [5.41, 5.74) is 1.93. The zero-order valence-electron chi connectivity index (χ0n) is 10.8. The highest BCUT2D eigenvalue weighted by atomic mass is 16.5. The third-order valence-electron chi connectivity index (χ3n) is 2.69. The molecule has 0 aliphatic heterocycles. The Bertz CT molecular complexity index is 386. The Hall–Kier alpha value is -1.31. The maximum absolute atomic E-state index is 11.7. The molecule has 0 saturated carbocycles. The van der Waals surface area contributed by atoms with Crippen molar-refractivity contribution in [1.82, 2.24) is 0 Å². The van der Waals surface area contributed by atoms with E-state index in [9.17, 15) is 4.79 Å². The number of carbonyl (C=O) groups is 1. The zero-order chi connectivity index (χ0) is 12.3. The summed E-state index contributed by atoms with van der Waals surface area (Å²) in [7, 11) is 1.61.